The number of hydrogen-bond donors (Lipinski definition) is 3. The van der Waals surface area contributed by atoms with E-state index in [0.29, 0.717) is 16.2 Å². The van der Waals surface area contributed by atoms with Gasteiger partial charge in [0.25, 0.3) is 0 Å². The molecular formula is C17H29NO5S2. The first-order chi connectivity index (χ1) is 12.0. The van der Waals surface area contributed by atoms with Gasteiger partial charge in [0, 0.05) is 26.8 Å². The summed E-state index contributed by atoms with van der Waals surface area (Å²) in [6, 6.07) is 6.52. The van der Waals surface area contributed by atoms with E-state index in [2.05, 4.69) is 12.8 Å². The van der Waals surface area contributed by atoms with E-state index in [0.717, 1.165) is 19.3 Å². The molecule has 0 saturated heterocycles. The zero-order valence-corrected chi connectivity index (χ0v) is 16.5. The Hall–Kier alpha value is -1.09. The van der Waals surface area contributed by atoms with Crippen molar-refractivity contribution in [2.45, 2.75) is 66.9 Å². The molecule has 0 heterocycles. The average molecular weight is 392 g/mol. The van der Waals surface area contributed by atoms with Gasteiger partial charge in [-0.2, -0.15) is 0 Å². The van der Waals surface area contributed by atoms with Crippen molar-refractivity contribution in [1.82, 2.24) is 0 Å². The number of rotatable bonds is 11. The third-order valence-corrected chi connectivity index (χ3v) is 6.37. The lowest BCUT2D eigenvalue weighted by Gasteiger charge is -2.12. The lowest BCUT2D eigenvalue weighted by Crippen LogP contribution is -2.25. The molecule has 0 aromatic heterocycles. The van der Waals surface area contributed by atoms with Gasteiger partial charge < -0.3 is 10.3 Å². The number of carboxylic acids is 1. The smallest absolute Gasteiger partial charge is 0.319 e. The van der Waals surface area contributed by atoms with E-state index < -0.39 is 32.8 Å². The maximum absolute atomic E-state index is 12.5. The van der Waals surface area contributed by atoms with Crippen molar-refractivity contribution in [3.05, 3.63) is 24.3 Å². The predicted molar refractivity (Wildman–Crippen MR) is 101 cm³/mol. The Balaban J connectivity index is 0.00000277. The van der Waals surface area contributed by atoms with Gasteiger partial charge in [-0.3, -0.25) is 13.2 Å². The number of unbranched alkanes of at least 4 members (excludes halogenated alkanes) is 5. The van der Waals surface area contributed by atoms with Gasteiger partial charge in [-0.1, -0.05) is 45.4 Å². The minimum Gasteiger partial charge on any atom is -0.480 e. The molecular weight excluding hydrogens is 362 g/mol. The summed E-state index contributed by atoms with van der Waals surface area (Å²) in [5.41, 5.74) is 0. The second kappa shape index (κ2) is 14.1. The quantitative estimate of drug-likeness (QED) is 0.394. The molecule has 4 N–H and O–H groups in total. The Morgan fingerprint density at radius 1 is 1.00 bits per heavy atom. The Morgan fingerprint density at radius 2 is 1.48 bits per heavy atom. The molecule has 1 aromatic carbocycles. The topological polar surface area (TPSA) is 118 Å². The fourth-order valence-electron chi connectivity index (χ4n) is 2.36. The first-order valence-electron chi connectivity index (χ1n) is 8.30. The molecule has 0 aliphatic heterocycles. The SMILES string of the molecule is CCCCCCCCC(C(=O)O)S(=O)c1ccc(S(C)=O)cc1.NO. The number of carbonyl (C=O) groups is 1. The average Bonchev–Trinajstić information content (AvgIpc) is 2.62. The van der Waals surface area contributed by atoms with Crippen molar-refractivity contribution in [1.29, 1.82) is 0 Å². The first-order valence-corrected chi connectivity index (χ1v) is 11.1. The Morgan fingerprint density at radius 3 is 1.96 bits per heavy atom. The van der Waals surface area contributed by atoms with Crippen LogP contribution in [0.5, 0.6) is 0 Å². The van der Waals surface area contributed by atoms with Crippen LogP contribution in [0, 0.1) is 0 Å². The van der Waals surface area contributed by atoms with Crippen LogP contribution >= 0.6 is 0 Å². The van der Waals surface area contributed by atoms with Gasteiger partial charge in [-0.05, 0) is 30.7 Å². The Bertz CT molecular complexity index is 548. The molecule has 3 atom stereocenters. The van der Waals surface area contributed by atoms with Crippen molar-refractivity contribution in [3.63, 3.8) is 0 Å². The summed E-state index contributed by atoms with van der Waals surface area (Å²) in [5.74, 6) is 2.49. The van der Waals surface area contributed by atoms with Crippen LogP contribution < -0.4 is 5.90 Å². The Kier molecular flexibility index (Phi) is 13.5. The largest absolute Gasteiger partial charge is 0.480 e. The van der Waals surface area contributed by atoms with E-state index in [1.54, 1.807) is 30.5 Å². The van der Waals surface area contributed by atoms with Crippen molar-refractivity contribution in [3.8, 4) is 0 Å². The molecule has 0 spiro atoms. The van der Waals surface area contributed by atoms with Crippen LogP contribution in [0.15, 0.2) is 34.1 Å². The first kappa shape index (κ1) is 23.9. The number of carboxylic acid groups (broad SMARTS) is 1. The summed E-state index contributed by atoms with van der Waals surface area (Å²) in [4.78, 5) is 12.5. The van der Waals surface area contributed by atoms with Crippen LogP contribution in [0.25, 0.3) is 0 Å². The van der Waals surface area contributed by atoms with E-state index in [-0.39, 0.29) is 0 Å². The molecule has 25 heavy (non-hydrogen) atoms. The highest BCUT2D eigenvalue weighted by Crippen LogP contribution is 2.19. The van der Waals surface area contributed by atoms with Gasteiger partial charge >= 0.3 is 5.97 Å². The van der Waals surface area contributed by atoms with Crippen LogP contribution in [0.4, 0.5) is 0 Å². The van der Waals surface area contributed by atoms with Gasteiger partial charge in [-0.15, -0.1) is 0 Å². The van der Waals surface area contributed by atoms with Crippen LogP contribution in [0.1, 0.15) is 51.9 Å². The van der Waals surface area contributed by atoms with Gasteiger partial charge in [0.15, 0.2) is 0 Å². The van der Waals surface area contributed by atoms with Crippen molar-refractivity contribution >= 4 is 27.6 Å². The highest BCUT2D eigenvalue weighted by Gasteiger charge is 2.25. The summed E-state index contributed by atoms with van der Waals surface area (Å²) in [6.07, 6.45) is 8.43. The molecule has 3 unspecified atom stereocenters. The number of hydrogen-bond acceptors (Lipinski definition) is 5. The zero-order valence-electron chi connectivity index (χ0n) is 14.8. The fraction of sp³-hybridized carbons (Fsp3) is 0.588. The lowest BCUT2D eigenvalue weighted by atomic mass is 10.1. The van der Waals surface area contributed by atoms with Crippen LogP contribution in [0.3, 0.4) is 0 Å². The molecule has 0 saturated carbocycles. The molecule has 0 aliphatic rings. The molecule has 0 aliphatic carbocycles. The van der Waals surface area contributed by atoms with Gasteiger partial charge in [0.05, 0.1) is 10.8 Å². The monoisotopic (exact) mass is 391 g/mol. The Labute approximate surface area is 154 Å². The molecule has 0 bridgehead atoms. The lowest BCUT2D eigenvalue weighted by molar-refractivity contribution is -0.136. The summed E-state index contributed by atoms with van der Waals surface area (Å²) >= 11 is 0. The van der Waals surface area contributed by atoms with Gasteiger partial charge in [-0.25, -0.2) is 5.90 Å². The standard InChI is InChI=1S/C17H26O4S2.H3NO/c1-3-4-5-6-7-8-9-16(17(18)19)23(21)15-12-10-14(11-13-15)22(2)20;1-2/h10-13,16H,3-9H2,1-2H3,(H,18,19);2H,1H2. The van der Waals surface area contributed by atoms with E-state index in [9.17, 15) is 18.3 Å². The summed E-state index contributed by atoms with van der Waals surface area (Å²) in [5, 5.41) is 15.0. The maximum atomic E-state index is 12.5. The van der Waals surface area contributed by atoms with E-state index in [4.69, 9.17) is 5.21 Å². The summed E-state index contributed by atoms with van der Waals surface area (Å²) in [7, 11) is -2.67. The fourth-order valence-corrected chi connectivity index (χ4v) is 4.18. The molecule has 0 radical (unpaired) electrons. The zero-order chi connectivity index (χ0) is 19.2. The van der Waals surface area contributed by atoms with Crippen molar-refractivity contribution in [2.75, 3.05) is 6.26 Å². The van der Waals surface area contributed by atoms with Gasteiger partial charge in [0.2, 0.25) is 0 Å². The minimum absolute atomic E-state index is 0.426. The number of nitrogens with two attached hydrogens (primary N) is 1. The van der Waals surface area contributed by atoms with E-state index in [1.165, 1.54) is 19.3 Å². The van der Waals surface area contributed by atoms with Crippen LogP contribution in [-0.2, 0) is 26.4 Å². The minimum atomic E-state index is -1.58. The highest BCUT2D eigenvalue weighted by molar-refractivity contribution is 7.86. The number of aliphatic carboxylic acids is 1. The molecule has 0 fully saturated rings. The predicted octanol–water partition coefficient (Wildman–Crippen LogP) is 3.07. The third kappa shape index (κ3) is 9.25. The normalized spacial score (nSPS) is 14.1. The maximum Gasteiger partial charge on any atom is 0.319 e. The van der Waals surface area contributed by atoms with Crippen LogP contribution in [-0.4, -0.2) is 36.2 Å². The van der Waals surface area contributed by atoms with E-state index in [1.807, 2.05) is 0 Å². The second-order valence-corrected chi connectivity index (χ2v) is 8.62. The molecule has 1 aromatic rings. The number of benzene rings is 1. The molecule has 6 nitrogen and oxygen atoms in total. The molecule has 0 amide bonds. The van der Waals surface area contributed by atoms with Gasteiger partial charge in [0.1, 0.15) is 5.25 Å². The second-order valence-electron chi connectivity index (χ2n) is 5.61. The highest BCUT2D eigenvalue weighted by atomic mass is 32.2. The van der Waals surface area contributed by atoms with Crippen molar-refractivity contribution < 1.29 is 23.5 Å². The van der Waals surface area contributed by atoms with E-state index >= 15 is 0 Å². The molecule has 8 heteroatoms. The third-order valence-electron chi connectivity index (χ3n) is 3.74. The summed E-state index contributed by atoms with van der Waals surface area (Å²) < 4.78 is 23.8. The summed E-state index contributed by atoms with van der Waals surface area (Å²) in [6.45, 7) is 2.16. The molecule has 1 rings (SSSR count). The van der Waals surface area contributed by atoms with Crippen molar-refractivity contribution in [2.24, 2.45) is 5.90 Å². The van der Waals surface area contributed by atoms with Crippen LogP contribution in [0.2, 0.25) is 0 Å². The molecule has 144 valence electrons.